The average Bonchev–Trinajstić information content (AvgIpc) is 3.82. The Kier molecular flexibility index (Phi) is 14.9. The van der Waals surface area contributed by atoms with Gasteiger partial charge in [0, 0.05) is 72.2 Å². The third-order valence-electron chi connectivity index (χ3n) is 10.8. The fourth-order valence-corrected chi connectivity index (χ4v) is 7.94. The third kappa shape index (κ3) is 10.6. The van der Waals surface area contributed by atoms with Gasteiger partial charge in [-0.2, -0.15) is 0 Å². The van der Waals surface area contributed by atoms with Crippen LogP contribution >= 0.6 is 0 Å². The summed E-state index contributed by atoms with van der Waals surface area (Å²) in [4.78, 5) is 51.2. The summed E-state index contributed by atoms with van der Waals surface area (Å²) in [6.07, 6.45) is 3.52. The van der Waals surface area contributed by atoms with E-state index in [0.29, 0.717) is 31.9 Å². The molecule has 3 aromatic rings. The molecule has 0 saturated carbocycles. The molecule has 12 heteroatoms. The summed E-state index contributed by atoms with van der Waals surface area (Å²) in [6, 6.07) is 8.10. The lowest BCUT2D eigenvalue weighted by molar-refractivity contribution is 0.0673. The summed E-state index contributed by atoms with van der Waals surface area (Å²) >= 11 is 0. The number of carbonyl (C=O) groups excluding carboxylic acids is 2. The second-order valence-corrected chi connectivity index (χ2v) is 16.9. The number of nitrogens with zero attached hydrogens (tertiary/aromatic N) is 6. The van der Waals surface area contributed by atoms with E-state index in [1.807, 2.05) is 126 Å². The van der Waals surface area contributed by atoms with E-state index in [0.717, 1.165) is 83.7 Å². The van der Waals surface area contributed by atoms with Gasteiger partial charge in [-0.3, -0.25) is 0 Å². The molecule has 0 atom stereocenters. The maximum absolute atomic E-state index is 12.7. The highest BCUT2D eigenvalue weighted by atomic mass is 16.5. The molecular formula is C48H62N8O4. The van der Waals surface area contributed by atoms with E-state index < -0.39 is 0 Å². The van der Waals surface area contributed by atoms with Crippen LogP contribution in [0.15, 0.2) is 55.0 Å². The van der Waals surface area contributed by atoms with Crippen molar-refractivity contribution >= 4 is 62.3 Å². The summed E-state index contributed by atoms with van der Waals surface area (Å²) in [5.74, 6) is 4.64. The predicted octanol–water partition coefficient (Wildman–Crippen LogP) is 7.00. The number of likely N-dealkylation sites (N-methyl/N-ethyl adjacent to an activating group) is 4. The number of allylic oxidation sites excluding steroid dienone is 6. The van der Waals surface area contributed by atoms with E-state index in [2.05, 4.69) is 48.9 Å². The number of H-pyrrole nitrogens is 2. The van der Waals surface area contributed by atoms with Crippen molar-refractivity contribution in [1.29, 1.82) is 0 Å². The number of hydrogen-bond acceptors (Lipinski definition) is 10. The van der Waals surface area contributed by atoms with Crippen LogP contribution in [0.5, 0.6) is 0 Å². The van der Waals surface area contributed by atoms with Gasteiger partial charge in [0.15, 0.2) is 23.4 Å². The summed E-state index contributed by atoms with van der Waals surface area (Å²) in [7, 11) is 15.9. The first kappa shape index (κ1) is 45.5. The Morgan fingerprint density at radius 2 is 1.07 bits per heavy atom. The molecule has 5 rings (SSSR count). The number of aryl methyl sites for hydroxylation is 2. The lowest BCUT2D eigenvalue weighted by atomic mass is 10.0. The van der Waals surface area contributed by atoms with Crippen molar-refractivity contribution in [2.45, 2.75) is 52.7 Å². The zero-order valence-electron chi connectivity index (χ0n) is 37.6. The largest absolute Gasteiger partial charge is 0.480 e. The normalized spacial score (nSPS) is 13.0. The van der Waals surface area contributed by atoms with E-state index in [9.17, 15) is 9.59 Å². The number of ether oxygens (including phenoxy) is 2. The lowest BCUT2D eigenvalue weighted by Gasteiger charge is -2.25. The van der Waals surface area contributed by atoms with E-state index in [-0.39, 0.29) is 36.6 Å². The predicted molar refractivity (Wildman–Crippen MR) is 246 cm³/mol. The molecule has 60 heavy (non-hydrogen) atoms. The Morgan fingerprint density at radius 3 is 1.58 bits per heavy atom. The van der Waals surface area contributed by atoms with Gasteiger partial charge in [0.25, 0.3) is 0 Å². The Labute approximate surface area is 355 Å². The number of fused-ring (bicyclic) bond motifs is 8. The molecule has 0 unspecified atom stereocenters. The second kappa shape index (κ2) is 19.7. The van der Waals surface area contributed by atoms with E-state index in [1.165, 1.54) is 0 Å². The maximum atomic E-state index is 12.7. The zero-order chi connectivity index (χ0) is 44.0. The quantitative estimate of drug-likeness (QED) is 0.103. The van der Waals surface area contributed by atoms with Crippen LogP contribution in [0.3, 0.4) is 0 Å². The van der Waals surface area contributed by atoms with Crippen LogP contribution in [-0.2, 0) is 25.5 Å². The maximum Gasteiger partial charge on any atom is 0.184 e. The Bertz CT molecular complexity index is 2450. The minimum atomic E-state index is -0.265. The summed E-state index contributed by atoms with van der Waals surface area (Å²) in [6.45, 7) is 18.9. The molecule has 8 bridgehead atoms. The first-order valence-corrected chi connectivity index (χ1v) is 20.3. The van der Waals surface area contributed by atoms with Gasteiger partial charge in [0.1, 0.15) is 12.2 Å². The number of aromatic amines is 2. The number of nitrogens with one attached hydrogen (secondary N) is 2. The summed E-state index contributed by atoms with van der Waals surface area (Å²) in [5.41, 5.74) is 13.7. The van der Waals surface area contributed by atoms with Crippen molar-refractivity contribution in [3.63, 3.8) is 0 Å². The topological polar surface area (TPSA) is 123 Å². The minimum Gasteiger partial charge on any atom is -0.480 e. The average molecular weight is 815 g/mol. The van der Waals surface area contributed by atoms with Crippen LogP contribution in [0.4, 0.5) is 0 Å². The van der Waals surface area contributed by atoms with Crippen LogP contribution in [0, 0.1) is 13.8 Å². The van der Waals surface area contributed by atoms with Crippen molar-refractivity contribution in [2.24, 2.45) is 0 Å². The lowest BCUT2D eigenvalue weighted by Crippen LogP contribution is -2.36. The molecule has 0 saturated heterocycles. The number of hydrogen-bond donors (Lipinski definition) is 2. The molecule has 5 heterocycles. The monoisotopic (exact) mass is 814 g/mol. The van der Waals surface area contributed by atoms with Crippen molar-refractivity contribution in [3.8, 4) is 0 Å². The van der Waals surface area contributed by atoms with Crippen LogP contribution in [0.25, 0.3) is 50.4 Å². The van der Waals surface area contributed by atoms with E-state index in [1.54, 1.807) is 0 Å². The van der Waals surface area contributed by atoms with E-state index in [4.69, 9.17) is 19.4 Å². The SMILES string of the molecule is C=CC1=C(C)c2cc3[nH]c(cc4nc(cc5[nH]c(cc1n2)c(C)c5CC(=C=O)OC(CN(C)C)CN(C)C)C(CC(=C=O)OC(CN(C)C)CN(C)C)=C4C)c(C)c3C=C. The van der Waals surface area contributed by atoms with Gasteiger partial charge in [-0.1, -0.05) is 25.3 Å². The van der Waals surface area contributed by atoms with Gasteiger partial charge in [-0.25, -0.2) is 19.6 Å². The van der Waals surface area contributed by atoms with Crippen LogP contribution in [0.1, 0.15) is 65.3 Å². The molecule has 0 aliphatic carbocycles. The van der Waals surface area contributed by atoms with Crippen LogP contribution < -0.4 is 0 Å². The molecule has 2 aliphatic rings. The Hall–Kier alpha value is -5.58. The number of rotatable bonds is 18. The Balaban J connectivity index is 1.81. The molecule has 2 aliphatic heterocycles. The molecular weight excluding hydrogens is 753 g/mol. The fourth-order valence-electron chi connectivity index (χ4n) is 7.94. The minimum absolute atomic E-state index is 0.176. The van der Waals surface area contributed by atoms with Gasteiger partial charge in [-0.05, 0) is 142 Å². The van der Waals surface area contributed by atoms with Gasteiger partial charge >= 0.3 is 0 Å². The molecule has 3 aromatic heterocycles. The molecule has 0 fully saturated rings. The zero-order valence-corrected chi connectivity index (χ0v) is 37.6. The summed E-state index contributed by atoms with van der Waals surface area (Å²) < 4.78 is 12.8. The van der Waals surface area contributed by atoms with Gasteiger partial charge in [-0.15, -0.1) is 0 Å². The smallest absolute Gasteiger partial charge is 0.184 e. The van der Waals surface area contributed by atoms with Crippen molar-refractivity contribution in [2.75, 3.05) is 82.6 Å². The highest BCUT2D eigenvalue weighted by Gasteiger charge is 2.25. The molecule has 0 aromatic carbocycles. The van der Waals surface area contributed by atoms with Gasteiger partial charge < -0.3 is 39.0 Å². The molecule has 0 amide bonds. The molecule has 2 N–H and O–H groups in total. The summed E-state index contributed by atoms with van der Waals surface area (Å²) in [5, 5.41) is 0. The fraction of sp³-hybridized carbons (Fsp3) is 0.417. The van der Waals surface area contributed by atoms with Crippen LogP contribution in [0.2, 0.25) is 0 Å². The van der Waals surface area contributed by atoms with Gasteiger partial charge in [0.05, 0.1) is 22.8 Å². The third-order valence-corrected chi connectivity index (χ3v) is 10.8. The molecule has 318 valence electrons. The highest BCUT2D eigenvalue weighted by Crippen LogP contribution is 2.37. The second-order valence-electron chi connectivity index (χ2n) is 16.9. The van der Waals surface area contributed by atoms with Gasteiger partial charge in [0.2, 0.25) is 0 Å². The molecule has 0 spiro atoms. The molecule has 0 radical (unpaired) electrons. The van der Waals surface area contributed by atoms with Crippen LogP contribution in [-0.4, -0.2) is 146 Å². The van der Waals surface area contributed by atoms with Crippen molar-refractivity contribution < 1.29 is 19.1 Å². The van der Waals surface area contributed by atoms with Crippen molar-refractivity contribution in [3.05, 3.63) is 100 Å². The first-order valence-electron chi connectivity index (χ1n) is 20.3. The number of aromatic nitrogens is 4. The first-order chi connectivity index (χ1) is 28.5. The standard InChI is InChI=1S/C48H62N8O4/c1-15-37-29(3)41-19-42-31(5)39(17-33(27-57)59-35(23-53(7)8)24-54(9)10)47(51-42)22-48-40(18-34(28-58)60-36(25-55(11)12)26-56(13)14)32(6)44(52-48)21-46-38(16-2)30(4)43(50-46)20-45(37)49-41/h15-16,19-22,35-36,49,52H,1-2,17-18,23-26H2,3-14H3. The Morgan fingerprint density at radius 1 is 0.617 bits per heavy atom. The van der Waals surface area contributed by atoms with E-state index >= 15 is 0 Å². The van der Waals surface area contributed by atoms with Crippen molar-refractivity contribution in [1.82, 2.24) is 39.5 Å². The highest BCUT2D eigenvalue weighted by molar-refractivity contribution is 5.98. The molecule has 12 nitrogen and oxygen atoms in total.